The molecule has 0 bridgehead atoms. The summed E-state index contributed by atoms with van der Waals surface area (Å²) in [5, 5.41) is 28.0. The number of nitrogens with two attached hydrogens (primary N) is 1. The van der Waals surface area contributed by atoms with Gasteiger partial charge < -0.3 is 50.9 Å². The lowest BCUT2D eigenvalue weighted by molar-refractivity contribution is -0.137. The Hall–Kier alpha value is -2.74. The van der Waals surface area contributed by atoms with Gasteiger partial charge in [-0.15, -0.1) is 11.3 Å². The molecule has 2 amide bonds. The second-order valence-corrected chi connectivity index (χ2v) is 18.4. The average molecular weight is 878 g/mol. The zero-order valence-corrected chi connectivity index (χ0v) is 33.0. The van der Waals surface area contributed by atoms with Gasteiger partial charge in [0.25, 0.3) is 0 Å². The Balaban J connectivity index is 1.24. The number of hydrogen-bond donors (Lipinski definition) is 9. The molecule has 4 heterocycles. The van der Waals surface area contributed by atoms with Crippen molar-refractivity contribution in [2.45, 2.75) is 50.9 Å². The number of amides is 2. The smallest absolute Gasteiger partial charge is 0.386 e. The quantitative estimate of drug-likeness (QED) is 0.0534. The van der Waals surface area contributed by atoms with E-state index >= 15 is 0 Å². The van der Waals surface area contributed by atoms with Crippen LogP contribution in [0.25, 0.3) is 11.2 Å². The Morgan fingerprint density at radius 2 is 1.80 bits per heavy atom. The Kier molecular flexibility index (Phi) is 15.3. The van der Waals surface area contributed by atoms with E-state index in [1.54, 1.807) is 17.5 Å². The first-order chi connectivity index (χ1) is 25.6. The highest BCUT2D eigenvalue weighted by Crippen LogP contribution is 2.61. The first-order valence-electron chi connectivity index (χ1n) is 15.7. The van der Waals surface area contributed by atoms with Crippen molar-refractivity contribution in [3.05, 3.63) is 35.0 Å². The normalized spacial score (nSPS) is 21.8. The summed E-state index contributed by atoms with van der Waals surface area (Å²) in [6, 6.07) is 3.44. The summed E-state index contributed by atoms with van der Waals surface area (Å²) >= 11 is 2.34. The van der Waals surface area contributed by atoms with E-state index in [-0.39, 0.29) is 41.6 Å². The molecule has 0 aliphatic carbocycles. The van der Waals surface area contributed by atoms with Crippen molar-refractivity contribution in [1.82, 2.24) is 30.2 Å². The summed E-state index contributed by atoms with van der Waals surface area (Å²) < 4.78 is 62.0. The molecule has 1 aliphatic rings. The fraction of sp³-hybridized carbons (Fsp3) is 0.538. The van der Waals surface area contributed by atoms with Crippen LogP contribution in [-0.4, -0.2) is 123 Å². The average Bonchev–Trinajstić information content (AvgIpc) is 3.84. The van der Waals surface area contributed by atoms with Crippen LogP contribution in [-0.2, 0) is 45.9 Å². The third kappa shape index (κ3) is 12.9. The Bertz CT molecular complexity index is 1970. The molecule has 3 aromatic rings. The maximum absolute atomic E-state index is 12.7. The second kappa shape index (κ2) is 18.7. The van der Waals surface area contributed by atoms with E-state index in [0.717, 1.165) is 29.0 Å². The molecule has 3 aromatic heterocycles. The summed E-state index contributed by atoms with van der Waals surface area (Å²) in [6.07, 6.45) is -6.92. The number of phosphoric ester groups is 3. The molecule has 55 heavy (non-hydrogen) atoms. The lowest BCUT2D eigenvalue weighted by Gasteiger charge is -2.30. The molecule has 1 aliphatic heterocycles. The largest absolute Gasteiger partial charge is 0.481 e. The number of hydrogen-bond acceptors (Lipinski definition) is 19. The number of nitrogen functional groups attached to an aromatic ring is 1. The van der Waals surface area contributed by atoms with Gasteiger partial charge in [-0.1, -0.05) is 31.7 Å². The van der Waals surface area contributed by atoms with Gasteiger partial charge in [0.05, 0.1) is 24.4 Å². The predicted molar refractivity (Wildman–Crippen MR) is 191 cm³/mol. The monoisotopic (exact) mass is 877 g/mol. The van der Waals surface area contributed by atoms with Gasteiger partial charge in [-0.2, -0.15) is 4.31 Å². The fourth-order valence-electron chi connectivity index (χ4n) is 4.74. The minimum atomic E-state index is -5.57. The third-order valence-corrected chi connectivity index (χ3v) is 12.4. The zero-order valence-electron chi connectivity index (χ0n) is 28.7. The van der Waals surface area contributed by atoms with E-state index in [2.05, 4.69) is 34.4 Å². The van der Waals surface area contributed by atoms with Gasteiger partial charge in [-0.05, 0) is 11.4 Å². The van der Waals surface area contributed by atoms with E-state index in [1.807, 2.05) is 0 Å². The number of aliphatic hydroxyl groups is 2. The van der Waals surface area contributed by atoms with Gasteiger partial charge in [0.2, 0.25) is 16.9 Å². The molecule has 306 valence electrons. The standard InChI is InChI=1S/C26H38N7O17P3S2/c1-26(2,20(36)23(37)29-6-5-16(34)28-7-9-55-25(38)15-4-3-8-54-15)11-47-53(44,45)50-52(42,43)46-10-14-19(49-51(39,40)41)18(35)24(48-14)33-13-32-17-21(27)30-12-31-22(17)33/h3-4,8,12-14,18-20,24,35-36H,5-7,9-11H2,1-2H3,(H,28,34)(H,29,37)(H,42,43)(H,44,45)(H2,27,30,31)(H2,39,40,41)/t14-,18-,19-,20+,24-/m1/s1. The van der Waals surface area contributed by atoms with Crippen molar-refractivity contribution in [3.8, 4) is 0 Å². The van der Waals surface area contributed by atoms with Gasteiger partial charge in [0.15, 0.2) is 17.7 Å². The lowest BCUT2D eigenvalue weighted by atomic mass is 9.87. The molecular weight excluding hydrogens is 839 g/mol. The number of thiophene rings is 1. The highest BCUT2D eigenvalue weighted by atomic mass is 32.2. The van der Waals surface area contributed by atoms with E-state index in [9.17, 15) is 57.9 Å². The van der Waals surface area contributed by atoms with Crippen molar-refractivity contribution in [2.75, 3.05) is 37.8 Å². The third-order valence-electron chi connectivity index (χ3n) is 7.46. The van der Waals surface area contributed by atoms with Gasteiger partial charge in [-0.25, -0.2) is 28.6 Å². The first-order valence-corrected chi connectivity index (χ1v) is 22.1. The van der Waals surface area contributed by atoms with Crippen LogP contribution < -0.4 is 16.4 Å². The first kappa shape index (κ1) is 45.0. The maximum atomic E-state index is 12.7. The molecule has 2 unspecified atom stereocenters. The topological polar surface area (TPSA) is 364 Å². The van der Waals surface area contributed by atoms with Crippen molar-refractivity contribution in [3.63, 3.8) is 0 Å². The predicted octanol–water partition coefficient (Wildman–Crippen LogP) is 0.0400. The summed E-state index contributed by atoms with van der Waals surface area (Å²) in [6.45, 7) is 0.471. The molecule has 4 rings (SSSR count). The molecule has 29 heteroatoms. The number of phosphoric acid groups is 3. The van der Waals surface area contributed by atoms with Crippen LogP contribution in [0.1, 0.15) is 36.2 Å². The molecule has 0 saturated carbocycles. The van der Waals surface area contributed by atoms with E-state index in [4.69, 9.17) is 19.5 Å². The molecule has 24 nitrogen and oxygen atoms in total. The van der Waals surface area contributed by atoms with E-state index < -0.39 is 84.6 Å². The number of imidazole rings is 1. The van der Waals surface area contributed by atoms with E-state index in [0.29, 0.717) is 10.6 Å². The fourth-order valence-corrected chi connectivity index (χ4v) is 9.05. The lowest BCUT2D eigenvalue weighted by Crippen LogP contribution is -2.46. The number of aromatic nitrogens is 4. The minimum absolute atomic E-state index is 0.0299. The van der Waals surface area contributed by atoms with Crippen molar-refractivity contribution < 1.29 is 80.5 Å². The molecule has 0 radical (unpaired) electrons. The summed E-state index contributed by atoms with van der Waals surface area (Å²) in [4.78, 5) is 88.1. The van der Waals surface area contributed by atoms with Gasteiger partial charge in [0.1, 0.15) is 36.3 Å². The molecule has 0 spiro atoms. The van der Waals surface area contributed by atoms with E-state index in [1.165, 1.54) is 25.2 Å². The van der Waals surface area contributed by atoms with Crippen LogP contribution in [0.15, 0.2) is 30.2 Å². The zero-order chi connectivity index (χ0) is 40.8. The molecular formula is C26H38N7O17P3S2. The van der Waals surface area contributed by atoms with Crippen molar-refractivity contribution >= 4 is 80.5 Å². The SMILES string of the molecule is CC(C)(COP(=O)(O)OP(=O)(O)OC[C@H]1O[C@@H](n2cnc3c(N)ncnc32)[C@H](O)[C@@H]1OP(=O)(O)O)[C@@H](O)C(=O)NCCC(=O)NCCSC(=O)c1cccs1. The highest BCUT2D eigenvalue weighted by molar-refractivity contribution is 8.14. The van der Waals surface area contributed by atoms with Crippen LogP contribution in [0, 0.1) is 5.41 Å². The van der Waals surface area contributed by atoms with Gasteiger partial charge in [0, 0.05) is 30.7 Å². The second-order valence-electron chi connectivity index (χ2n) is 12.2. The van der Waals surface area contributed by atoms with Crippen molar-refractivity contribution in [2.24, 2.45) is 5.41 Å². The summed E-state index contributed by atoms with van der Waals surface area (Å²) in [5.74, 6) is -1.14. The van der Waals surface area contributed by atoms with Crippen LogP contribution >= 0.6 is 46.6 Å². The van der Waals surface area contributed by atoms with Crippen LogP contribution in [0.5, 0.6) is 0 Å². The molecule has 10 N–H and O–H groups in total. The number of anilines is 1. The van der Waals surface area contributed by atoms with Crippen molar-refractivity contribution in [1.29, 1.82) is 0 Å². The van der Waals surface area contributed by atoms with Crippen LogP contribution in [0.4, 0.5) is 5.82 Å². The molecule has 7 atom stereocenters. The number of ether oxygens (including phenoxy) is 1. The maximum Gasteiger partial charge on any atom is 0.481 e. The molecule has 0 aromatic carbocycles. The number of rotatable bonds is 20. The van der Waals surface area contributed by atoms with Crippen LogP contribution in [0.3, 0.4) is 0 Å². The number of nitrogens with one attached hydrogen (secondary N) is 2. The Morgan fingerprint density at radius 1 is 1.09 bits per heavy atom. The number of aliphatic hydroxyl groups excluding tert-OH is 2. The molecule has 1 fully saturated rings. The number of carbonyl (C=O) groups excluding carboxylic acids is 3. The van der Waals surface area contributed by atoms with Gasteiger partial charge >= 0.3 is 23.5 Å². The van der Waals surface area contributed by atoms with Gasteiger partial charge in [-0.3, -0.25) is 32.5 Å². The number of nitrogens with zero attached hydrogens (tertiary/aromatic N) is 4. The summed E-state index contributed by atoms with van der Waals surface area (Å²) in [5.41, 5.74) is 4.26. The minimum Gasteiger partial charge on any atom is -0.386 e. The number of fused-ring (bicyclic) bond motifs is 1. The highest BCUT2D eigenvalue weighted by Gasteiger charge is 2.50. The molecule has 1 saturated heterocycles. The Labute approximate surface area is 319 Å². The summed E-state index contributed by atoms with van der Waals surface area (Å²) in [7, 11) is -16.4. The van der Waals surface area contributed by atoms with Crippen LogP contribution in [0.2, 0.25) is 0 Å². The number of carbonyl (C=O) groups is 3. The Morgan fingerprint density at radius 3 is 2.47 bits per heavy atom. The number of thioether (sulfide) groups is 1.